The normalized spacial score (nSPS) is 14.6. The standard InChI is InChI=1S/C25H23N3O3S3/c1-31-19-10-5-9-18(13-19)15-21-23(30)28(25(32)34-21)12-6-11-22(29)27-24-26-16-20(33-24)14-17-7-3-2-4-8-17/h2-5,7-10,13,15-16H,6,11-12,14H2,1H3,(H,26,27,29). The smallest absolute Gasteiger partial charge is 0.266 e. The fraction of sp³-hybridized carbons (Fsp3) is 0.200. The van der Waals surface area contributed by atoms with E-state index < -0.39 is 0 Å². The van der Waals surface area contributed by atoms with E-state index in [-0.39, 0.29) is 18.2 Å². The molecule has 1 fully saturated rings. The number of hydrogen-bond acceptors (Lipinski definition) is 7. The monoisotopic (exact) mass is 509 g/mol. The number of ether oxygens (including phenoxy) is 1. The van der Waals surface area contributed by atoms with Crippen molar-refractivity contribution < 1.29 is 14.3 Å². The summed E-state index contributed by atoms with van der Waals surface area (Å²) in [4.78, 5) is 32.7. The van der Waals surface area contributed by atoms with Gasteiger partial charge in [0.1, 0.15) is 10.1 Å². The highest BCUT2D eigenvalue weighted by Gasteiger charge is 2.31. The summed E-state index contributed by atoms with van der Waals surface area (Å²) in [6.45, 7) is 0.394. The number of aromatic nitrogens is 1. The van der Waals surface area contributed by atoms with E-state index in [1.165, 1.54) is 28.7 Å². The maximum absolute atomic E-state index is 12.8. The van der Waals surface area contributed by atoms with Crippen LogP contribution in [-0.2, 0) is 16.0 Å². The molecule has 1 N–H and O–H groups in total. The van der Waals surface area contributed by atoms with Crippen LogP contribution in [0.3, 0.4) is 0 Å². The van der Waals surface area contributed by atoms with Crippen LogP contribution < -0.4 is 10.1 Å². The summed E-state index contributed by atoms with van der Waals surface area (Å²) in [6, 6.07) is 17.6. The molecule has 2 heterocycles. The van der Waals surface area contributed by atoms with Gasteiger partial charge in [-0.15, -0.1) is 11.3 Å². The van der Waals surface area contributed by atoms with Crippen LogP contribution in [0.15, 0.2) is 65.7 Å². The Bertz CT molecular complexity index is 1220. The number of thiazole rings is 1. The number of carbonyl (C=O) groups is 2. The van der Waals surface area contributed by atoms with Crippen LogP contribution in [0.5, 0.6) is 5.75 Å². The molecule has 0 unspecified atom stereocenters. The predicted molar refractivity (Wildman–Crippen MR) is 142 cm³/mol. The second-order valence-corrected chi connectivity index (χ2v) is 10.3. The number of nitrogens with one attached hydrogen (secondary N) is 1. The fourth-order valence-electron chi connectivity index (χ4n) is 3.40. The molecule has 34 heavy (non-hydrogen) atoms. The molecule has 3 aromatic rings. The number of rotatable bonds is 9. The highest BCUT2D eigenvalue weighted by molar-refractivity contribution is 8.26. The number of anilines is 1. The van der Waals surface area contributed by atoms with Gasteiger partial charge in [0.2, 0.25) is 5.91 Å². The van der Waals surface area contributed by atoms with Crippen LogP contribution in [0.25, 0.3) is 6.08 Å². The number of nitrogens with zero attached hydrogens (tertiary/aromatic N) is 2. The predicted octanol–water partition coefficient (Wildman–Crippen LogP) is 5.36. The maximum atomic E-state index is 12.8. The molecule has 1 saturated heterocycles. The van der Waals surface area contributed by atoms with Crippen LogP contribution >= 0.6 is 35.3 Å². The van der Waals surface area contributed by atoms with Gasteiger partial charge in [-0.3, -0.25) is 14.5 Å². The number of methoxy groups -OCH3 is 1. The van der Waals surface area contributed by atoms with E-state index >= 15 is 0 Å². The molecular formula is C25H23N3O3S3. The number of hydrogen-bond donors (Lipinski definition) is 1. The average molecular weight is 510 g/mol. The molecule has 0 spiro atoms. The molecule has 0 saturated carbocycles. The minimum absolute atomic E-state index is 0.127. The SMILES string of the molecule is COc1cccc(C=C2SC(=S)N(CCCC(=O)Nc3ncc(Cc4ccccc4)s3)C2=O)c1. The first-order valence-corrected chi connectivity index (χ1v) is 12.7. The van der Waals surface area contributed by atoms with Gasteiger partial charge < -0.3 is 10.1 Å². The lowest BCUT2D eigenvalue weighted by molar-refractivity contribution is -0.122. The molecule has 2 aromatic carbocycles. The topological polar surface area (TPSA) is 71.5 Å². The molecule has 0 bridgehead atoms. The Morgan fingerprint density at radius 2 is 2.03 bits per heavy atom. The minimum Gasteiger partial charge on any atom is -0.497 e. The van der Waals surface area contributed by atoms with Crippen LogP contribution in [-0.4, -0.2) is 39.7 Å². The molecule has 0 radical (unpaired) electrons. The summed E-state index contributed by atoms with van der Waals surface area (Å²) in [5, 5.41) is 3.44. The van der Waals surface area contributed by atoms with Crippen molar-refractivity contribution in [2.24, 2.45) is 0 Å². The van der Waals surface area contributed by atoms with Crippen molar-refractivity contribution in [2.75, 3.05) is 19.0 Å². The summed E-state index contributed by atoms with van der Waals surface area (Å²) in [6.07, 6.45) is 5.17. The lowest BCUT2D eigenvalue weighted by Crippen LogP contribution is -2.29. The van der Waals surface area contributed by atoms with Gasteiger partial charge in [0.15, 0.2) is 5.13 Å². The van der Waals surface area contributed by atoms with Crippen LogP contribution in [0.4, 0.5) is 5.13 Å². The van der Waals surface area contributed by atoms with E-state index in [4.69, 9.17) is 17.0 Å². The summed E-state index contributed by atoms with van der Waals surface area (Å²) in [7, 11) is 1.60. The van der Waals surface area contributed by atoms with Crippen molar-refractivity contribution in [1.82, 2.24) is 9.88 Å². The molecule has 1 aliphatic heterocycles. The Morgan fingerprint density at radius 3 is 2.82 bits per heavy atom. The van der Waals surface area contributed by atoms with Crippen molar-refractivity contribution in [2.45, 2.75) is 19.3 Å². The number of thioether (sulfide) groups is 1. The third-order valence-corrected chi connectivity index (χ3v) is 7.36. The quantitative estimate of drug-likeness (QED) is 0.309. The number of amides is 2. The lowest BCUT2D eigenvalue weighted by atomic mass is 10.1. The Kier molecular flexibility index (Phi) is 8.10. The largest absolute Gasteiger partial charge is 0.497 e. The highest BCUT2D eigenvalue weighted by Crippen LogP contribution is 2.33. The van der Waals surface area contributed by atoms with Crippen LogP contribution in [0, 0.1) is 0 Å². The molecule has 4 rings (SSSR count). The summed E-state index contributed by atoms with van der Waals surface area (Å²) in [5.41, 5.74) is 2.07. The van der Waals surface area contributed by atoms with Gasteiger partial charge in [-0.2, -0.15) is 0 Å². The third kappa shape index (κ3) is 6.31. The molecule has 0 aliphatic carbocycles. The van der Waals surface area contributed by atoms with Crippen molar-refractivity contribution in [3.8, 4) is 5.75 Å². The first-order valence-electron chi connectivity index (χ1n) is 10.7. The van der Waals surface area contributed by atoms with Gasteiger partial charge in [0.25, 0.3) is 5.91 Å². The molecule has 0 atom stereocenters. The Balaban J connectivity index is 1.26. The number of carbonyl (C=O) groups excluding carboxylic acids is 2. The minimum atomic E-state index is -0.135. The van der Waals surface area contributed by atoms with E-state index in [0.717, 1.165) is 22.6 Å². The Morgan fingerprint density at radius 1 is 1.21 bits per heavy atom. The van der Waals surface area contributed by atoms with Crippen molar-refractivity contribution in [3.05, 3.63) is 81.7 Å². The molecular weight excluding hydrogens is 486 g/mol. The maximum Gasteiger partial charge on any atom is 0.266 e. The van der Waals surface area contributed by atoms with Crippen molar-refractivity contribution >= 4 is 62.7 Å². The molecule has 174 valence electrons. The molecule has 1 aromatic heterocycles. The van der Waals surface area contributed by atoms with Gasteiger partial charge in [-0.1, -0.05) is 66.4 Å². The van der Waals surface area contributed by atoms with Gasteiger partial charge in [-0.25, -0.2) is 4.98 Å². The zero-order valence-electron chi connectivity index (χ0n) is 18.5. The van der Waals surface area contributed by atoms with Gasteiger partial charge in [0.05, 0.1) is 12.0 Å². The Labute approximate surface area is 212 Å². The van der Waals surface area contributed by atoms with Crippen LogP contribution in [0.2, 0.25) is 0 Å². The first kappa shape index (κ1) is 24.1. The van der Waals surface area contributed by atoms with E-state index in [1.54, 1.807) is 18.2 Å². The Hall–Kier alpha value is -3.01. The lowest BCUT2D eigenvalue weighted by Gasteiger charge is -2.13. The zero-order valence-corrected chi connectivity index (χ0v) is 21.0. The van der Waals surface area contributed by atoms with E-state index in [1.807, 2.05) is 48.5 Å². The van der Waals surface area contributed by atoms with Crippen LogP contribution in [0.1, 0.15) is 28.8 Å². The first-order chi connectivity index (χ1) is 16.5. The summed E-state index contributed by atoms with van der Waals surface area (Å²) in [5.74, 6) is 0.462. The molecule has 1 aliphatic rings. The zero-order chi connectivity index (χ0) is 23.9. The summed E-state index contributed by atoms with van der Waals surface area (Å²) >= 11 is 8.14. The number of benzene rings is 2. The van der Waals surface area contributed by atoms with Crippen molar-refractivity contribution in [1.29, 1.82) is 0 Å². The van der Waals surface area contributed by atoms with E-state index in [9.17, 15) is 9.59 Å². The fourth-order valence-corrected chi connectivity index (χ4v) is 5.57. The molecule has 2 amide bonds. The second kappa shape index (κ2) is 11.4. The molecule has 9 heteroatoms. The van der Waals surface area contributed by atoms with Gasteiger partial charge in [0, 0.05) is 30.5 Å². The summed E-state index contributed by atoms with van der Waals surface area (Å²) < 4.78 is 5.74. The van der Waals surface area contributed by atoms with Gasteiger partial charge >= 0.3 is 0 Å². The highest BCUT2D eigenvalue weighted by atomic mass is 32.2. The van der Waals surface area contributed by atoms with E-state index in [2.05, 4.69) is 22.4 Å². The molecule has 6 nitrogen and oxygen atoms in total. The van der Waals surface area contributed by atoms with E-state index in [0.29, 0.717) is 27.3 Å². The van der Waals surface area contributed by atoms with Crippen molar-refractivity contribution in [3.63, 3.8) is 0 Å². The second-order valence-electron chi connectivity index (χ2n) is 7.56. The number of thiocarbonyl (C=S) groups is 1. The average Bonchev–Trinajstić information content (AvgIpc) is 3.38. The van der Waals surface area contributed by atoms with Gasteiger partial charge in [-0.05, 0) is 35.8 Å². The third-order valence-electron chi connectivity index (χ3n) is 5.07.